The number of aliphatic hydroxyl groups is 1. The maximum absolute atomic E-state index is 11.4. The molecule has 0 aromatic heterocycles. The third-order valence-corrected chi connectivity index (χ3v) is 2.50. The fourth-order valence-electron chi connectivity index (χ4n) is 1.64. The highest BCUT2D eigenvalue weighted by atomic mass is 16.6. The third-order valence-electron chi connectivity index (χ3n) is 2.50. The molecule has 1 amide bonds. The van der Waals surface area contributed by atoms with Crippen LogP contribution < -0.4 is 14.8 Å². The fourth-order valence-corrected chi connectivity index (χ4v) is 1.64. The monoisotopic (exact) mass is 237 g/mol. The van der Waals surface area contributed by atoms with Crippen molar-refractivity contribution in [3.05, 3.63) is 17.7 Å². The van der Waals surface area contributed by atoms with Gasteiger partial charge in [0, 0.05) is 11.8 Å². The van der Waals surface area contributed by atoms with Crippen molar-refractivity contribution in [2.75, 3.05) is 25.1 Å². The van der Waals surface area contributed by atoms with Gasteiger partial charge in [0.25, 0.3) is 0 Å². The van der Waals surface area contributed by atoms with E-state index in [0.717, 1.165) is 5.56 Å². The van der Waals surface area contributed by atoms with E-state index in [1.165, 1.54) is 0 Å². The van der Waals surface area contributed by atoms with Crippen molar-refractivity contribution in [3.8, 4) is 11.5 Å². The van der Waals surface area contributed by atoms with Gasteiger partial charge in [-0.2, -0.15) is 0 Å². The first kappa shape index (κ1) is 11.7. The number of hydrogen-bond donors (Lipinski definition) is 2. The largest absolute Gasteiger partial charge is 0.486 e. The molecule has 5 nitrogen and oxygen atoms in total. The minimum Gasteiger partial charge on any atom is -0.486 e. The number of benzene rings is 1. The van der Waals surface area contributed by atoms with Gasteiger partial charge in [-0.25, -0.2) is 0 Å². The zero-order valence-corrected chi connectivity index (χ0v) is 9.66. The smallest absolute Gasteiger partial charge is 0.226 e. The van der Waals surface area contributed by atoms with Crippen LogP contribution in [0.3, 0.4) is 0 Å². The summed E-state index contributed by atoms with van der Waals surface area (Å²) in [5.74, 6) is 1.13. The molecule has 5 heteroatoms. The quantitative estimate of drug-likeness (QED) is 0.825. The summed E-state index contributed by atoms with van der Waals surface area (Å²) < 4.78 is 10.9. The van der Waals surface area contributed by atoms with E-state index >= 15 is 0 Å². The van der Waals surface area contributed by atoms with Crippen molar-refractivity contribution in [1.29, 1.82) is 0 Å². The molecule has 0 saturated carbocycles. The Labute approximate surface area is 99.3 Å². The first-order chi connectivity index (χ1) is 8.20. The molecule has 2 N–H and O–H groups in total. The van der Waals surface area contributed by atoms with Crippen LogP contribution in [-0.2, 0) is 4.79 Å². The van der Waals surface area contributed by atoms with E-state index in [-0.39, 0.29) is 18.9 Å². The predicted octanol–water partition coefficient (Wildman–Crippen LogP) is 1.09. The van der Waals surface area contributed by atoms with E-state index in [4.69, 9.17) is 14.6 Å². The minimum atomic E-state index is -0.215. The molecule has 1 aromatic rings. The van der Waals surface area contributed by atoms with Crippen LogP contribution in [0.2, 0.25) is 0 Å². The molecule has 0 fully saturated rings. The average molecular weight is 237 g/mol. The Morgan fingerprint density at radius 3 is 2.65 bits per heavy atom. The summed E-state index contributed by atoms with van der Waals surface area (Å²) in [5, 5.41) is 11.4. The van der Waals surface area contributed by atoms with Crippen LogP contribution >= 0.6 is 0 Å². The molecule has 1 aliphatic rings. The molecule has 92 valence electrons. The van der Waals surface area contributed by atoms with Gasteiger partial charge >= 0.3 is 0 Å². The molecule has 1 aromatic carbocycles. The van der Waals surface area contributed by atoms with Crippen LogP contribution in [-0.4, -0.2) is 30.8 Å². The summed E-state index contributed by atoms with van der Waals surface area (Å²) in [6.45, 7) is 2.78. The standard InChI is InChI=1S/C12H15NO4/c1-8-6-10-11(17-5-4-16-10)7-9(8)13-12(15)2-3-14/h6-7,14H,2-5H2,1H3,(H,13,15). The first-order valence-electron chi connectivity index (χ1n) is 5.51. The zero-order valence-electron chi connectivity index (χ0n) is 9.66. The molecule has 0 radical (unpaired) electrons. The number of carbonyl (C=O) groups is 1. The van der Waals surface area contributed by atoms with Gasteiger partial charge in [-0.05, 0) is 18.6 Å². The second kappa shape index (κ2) is 5.05. The summed E-state index contributed by atoms with van der Waals surface area (Å²) >= 11 is 0. The fraction of sp³-hybridized carbons (Fsp3) is 0.417. The highest BCUT2D eigenvalue weighted by Crippen LogP contribution is 2.35. The van der Waals surface area contributed by atoms with Gasteiger partial charge in [-0.3, -0.25) is 4.79 Å². The van der Waals surface area contributed by atoms with Gasteiger partial charge in [-0.15, -0.1) is 0 Å². The Bertz CT molecular complexity index is 431. The van der Waals surface area contributed by atoms with Crippen LogP contribution in [0.15, 0.2) is 12.1 Å². The topological polar surface area (TPSA) is 67.8 Å². The maximum atomic E-state index is 11.4. The molecule has 1 aliphatic heterocycles. The molecule has 1 heterocycles. The Kier molecular flexibility index (Phi) is 3.49. The normalized spacial score (nSPS) is 13.3. The van der Waals surface area contributed by atoms with Crippen molar-refractivity contribution < 1.29 is 19.4 Å². The van der Waals surface area contributed by atoms with Crippen molar-refractivity contribution >= 4 is 11.6 Å². The molecule has 0 spiro atoms. The number of hydrogen-bond acceptors (Lipinski definition) is 4. The number of rotatable bonds is 3. The van der Waals surface area contributed by atoms with E-state index in [1.807, 2.05) is 13.0 Å². The Morgan fingerprint density at radius 1 is 1.35 bits per heavy atom. The van der Waals surface area contributed by atoms with E-state index in [1.54, 1.807) is 6.07 Å². The molecule has 0 saturated heterocycles. The molecule has 17 heavy (non-hydrogen) atoms. The lowest BCUT2D eigenvalue weighted by atomic mass is 10.1. The van der Waals surface area contributed by atoms with Crippen molar-refractivity contribution in [2.45, 2.75) is 13.3 Å². The number of amides is 1. The molecule has 0 aliphatic carbocycles. The summed E-state index contributed by atoms with van der Waals surface area (Å²) in [4.78, 5) is 11.4. The highest BCUT2D eigenvalue weighted by molar-refractivity contribution is 5.92. The van der Waals surface area contributed by atoms with E-state index in [0.29, 0.717) is 30.4 Å². The lowest BCUT2D eigenvalue weighted by Crippen LogP contribution is -2.17. The van der Waals surface area contributed by atoms with Gasteiger partial charge in [0.15, 0.2) is 11.5 Å². The molecule has 0 unspecified atom stereocenters. The van der Waals surface area contributed by atoms with Crippen molar-refractivity contribution in [2.24, 2.45) is 0 Å². The zero-order chi connectivity index (χ0) is 12.3. The van der Waals surface area contributed by atoms with Crippen molar-refractivity contribution in [3.63, 3.8) is 0 Å². The second-order valence-corrected chi connectivity index (χ2v) is 3.83. The number of aryl methyl sites for hydroxylation is 1. The SMILES string of the molecule is Cc1cc2c(cc1NC(=O)CCO)OCCO2. The minimum absolute atomic E-state index is 0.0912. The average Bonchev–Trinajstić information content (AvgIpc) is 2.30. The summed E-state index contributed by atoms with van der Waals surface area (Å²) in [6.07, 6.45) is 0.0912. The van der Waals surface area contributed by atoms with Crippen LogP contribution in [0.25, 0.3) is 0 Å². The Balaban J connectivity index is 2.19. The van der Waals surface area contributed by atoms with Gasteiger partial charge in [0.05, 0.1) is 13.0 Å². The predicted molar refractivity (Wildman–Crippen MR) is 62.5 cm³/mol. The van der Waals surface area contributed by atoms with Crippen LogP contribution in [0.1, 0.15) is 12.0 Å². The molecule has 2 rings (SSSR count). The number of carbonyl (C=O) groups excluding carboxylic acids is 1. The molecular weight excluding hydrogens is 222 g/mol. The first-order valence-corrected chi connectivity index (χ1v) is 5.51. The summed E-state index contributed by atoms with van der Waals surface area (Å²) in [7, 11) is 0. The summed E-state index contributed by atoms with van der Waals surface area (Å²) in [5.41, 5.74) is 1.59. The van der Waals surface area contributed by atoms with Gasteiger partial charge in [-0.1, -0.05) is 0 Å². The van der Waals surface area contributed by atoms with Gasteiger partial charge in [0.1, 0.15) is 13.2 Å². The molecule has 0 bridgehead atoms. The number of nitrogens with one attached hydrogen (secondary N) is 1. The lowest BCUT2D eigenvalue weighted by Gasteiger charge is -2.20. The Morgan fingerprint density at radius 2 is 2.00 bits per heavy atom. The number of anilines is 1. The number of ether oxygens (including phenoxy) is 2. The van der Waals surface area contributed by atoms with E-state index in [2.05, 4.69) is 5.32 Å². The number of aliphatic hydroxyl groups excluding tert-OH is 1. The number of fused-ring (bicyclic) bond motifs is 1. The van der Waals surface area contributed by atoms with Crippen LogP contribution in [0.4, 0.5) is 5.69 Å². The van der Waals surface area contributed by atoms with Crippen LogP contribution in [0, 0.1) is 6.92 Å². The van der Waals surface area contributed by atoms with E-state index < -0.39 is 0 Å². The molecular formula is C12H15NO4. The van der Waals surface area contributed by atoms with Crippen molar-refractivity contribution in [1.82, 2.24) is 0 Å². The second-order valence-electron chi connectivity index (χ2n) is 3.83. The molecule has 0 atom stereocenters. The van der Waals surface area contributed by atoms with Gasteiger partial charge in [0.2, 0.25) is 5.91 Å². The van der Waals surface area contributed by atoms with E-state index in [9.17, 15) is 4.79 Å². The van der Waals surface area contributed by atoms with Crippen LogP contribution in [0.5, 0.6) is 11.5 Å². The lowest BCUT2D eigenvalue weighted by molar-refractivity contribution is -0.116. The third kappa shape index (κ3) is 2.68. The maximum Gasteiger partial charge on any atom is 0.226 e. The van der Waals surface area contributed by atoms with Gasteiger partial charge < -0.3 is 19.9 Å². The summed E-state index contributed by atoms with van der Waals surface area (Å²) in [6, 6.07) is 3.59. The Hall–Kier alpha value is -1.75. The highest BCUT2D eigenvalue weighted by Gasteiger charge is 2.15.